The van der Waals surface area contributed by atoms with Gasteiger partial charge in [-0.3, -0.25) is 52.7 Å². The molecule has 23 nitrogen and oxygen atoms in total. The van der Waals surface area contributed by atoms with Gasteiger partial charge in [0.2, 0.25) is 65.0 Å². The molecule has 1 saturated heterocycles. The summed E-state index contributed by atoms with van der Waals surface area (Å²) in [5.74, 6) is -10.3. The van der Waals surface area contributed by atoms with Crippen LogP contribution in [0.4, 0.5) is 0 Å². The fraction of sp³-hybridized carbons (Fsp3) is 0.783. The predicted molar refractivity (Wildman–Crippen MR) is 319 cm³/mol. The molecule has 0 bridgehead atoms. The maximum Gasteiger partial charge on any atom is 0.246 e. The van der Waals surface area contributed by atoms with Crippen molar-refractivity contribution in [3.8, 4) is 0 Å². The first kappa shape index (κ1) is 74.9. The highest BCUT2D eigenvalue weighted by atomic mass is 16.3. The number of hydrogen-bond donors (Lipinski definition) is 6. The van der Waals surface area contributed by atoms with Crippen molar-refractivity contribution in [1.29, 1.82) is 0 Å². The SMILES string of the molecule is C/C=C/C[C@@H](C)[C@@H](O)[C@H]1C(=O)N[C@@H](CC)C(=O)N(C)CC(=O)N[C@@H](C(C)C)C(=O)N[C@@H](C(C)C)C(=O)N(C)[C@@H](CC(C)C)C(=O)N[C@@H](C)C(=O)N[C@H](C)C(=O)N(C)[C@@H](CC(C)C)C(=O)N(C)[C@@H](CC(C)C)C(=O)N(C)[C@@H](C(C)C)C(=O)N1C. The summed E-state index contributed by atoms with van der Waals surface area (Å²) in [5.41, 5.74) is 0. The molecule has 12 atom stereocenters. The van der Waals surface area contributed by atoms with E-state index in [1.807, 2.05) is 41.5 Å². The summed E-state index contributed by atoms with van der Waals surface area (Å²) in [5, 5.41) is 25.6. The quantitative estimate of drug-likeness (QED) is 0.137. The van der Waals surface area contributed by atoms with Crippen LogP contribution in [0.1, 0.15) is 150 Å². The van der Waals surface area contributed by atoms with Gasteiger partial charge in [0.05, 0.1) is 12.6 Å². The van der Waals surface area contributed by atoms with Gasteiger partial charge in [-0.1, -0.05) is 109 Å². The van der Waals surface area contributed by atoms with E-state index in [1.54, 1.807) is 74.5 Å². The molecule has 6 N–H and O–H groups in total. The minimum Gasteiger partial charge on any atom is -0.390 e. The fourth-order valence-electron chi connectivity index (χ4n) is 10.3. The van der Waals surface area contributed by atoms with Crippen LogP contribution in [0.15, 0.2) is 12.2 Å². The molecule has 1 fully saturated rings. The molecule has 11 amide bonds. The number of rotatable bonds is 14. The first-order valence-electron chi connectivity index (χ1n) is 29.7. The summed E-state index contributed by atoms with van der Waals surface area (Å²) >= 11 is 0. The largest absolute Gasteiger partial charge is 0.390 e. The molecule has 0 aliphatic carbocycles. The Bertz CT molecular complexity index is 2270. The summed E-state index contributed by atoms with van der Waals surface area (Å²) in [6, 6.07) is -12.4. The summed E-state index contributed by atoms with van der Waals surface area (Å²) < 4.78 is 0. The van der Waals surface area contributed by atoms with E-state index in [-0.39, 0.29) is 43.4 Å². The lowest BCUT2D eigenvalue weighted by atomic mass is 9.91. The van der Waals surface area contributed by atoms with Gasteiger partial charge in [0.1, 0.15) is 60.4 Å². The van der Waals surface area contributed by atoms with Crippen LogP contribution in [0.3, 0.4) is 0 Å². The predicted octanol–water partition coefficient (Wildman–Crippen LogP) is 2.54. The Balaban J connectivity index is 4.25. The van der Waals surface area contributed by atoms with E-state index in [4.69, 9.17) is 0 Å². The van der Waals surface area contributed by atoms with E-state index >= 15 is 9.59 Å². The molecular weight excluding hydrogens is 1070 g/mol. The Morgan fingerprint density at radius 2 is 0.916 bits per heavy atom. The zero-order chi connectivity index (χ0) is 64.4. The Morgan fingerprint density at radius 1 is 0.470 bits per heavy atom. The molecule has 1 aliphatic heterocycles. The van der Waals surface area contributed by atoms with Crippen LogP contribution in [0.5, 0.6) is 0 Å². The molecule has 0 saturated carbocycles. The summed E-state index contributed by atoms with van der Waals surface area (Å²) in [4.78, 5) is 166. The maximum absolute atomic E-state index is 15.1. The van der Waals surface area contributed by atoms with Crippen molar-refractivity contribution in [3.63, 3.8) is 0 Å². The van der Waals surface area contributed by atoms with Crippen molar-refractivity contribution in [1.82, 2.24) is 56.0 Å². The lowest BCUT2D eigenvalue weighted by Gasteiger charge is -2.41. The molecule has 0 aromatic rings. The molecular formula is C60H107N11O12. The topological polar surface area (TPSA) is 288 Å². The van der Waals surface area contributed by atoms with Gasteiger partial charge in [-0.25, -0.2) is 0 Å². The van der Waals surface area contributed by atoms with Gasteiger partial charge in [0, 0.05) is 42.3 Å². The number of carbonyl (C=O) groups excluding carboxylic acids is 11. The normalized spacial score (nSPS) is 27.1. The number of amides is 11. The molecule has 0 radical (unpaired) electrons. The van der Waals surface area contributed by atoms with E-state index in [1.165, 1.54) is 75.7 Å². The van der Waals surface area contributed by atoms with Gasteiger partial charge in [0.15, 0.2) is 0 Å². The minimum atomic E-state index is -1.61. The molecule has 83 heavy (non-hydrogen) atoms. The monoisotopic (exact) mass is 1170 g/mol. The first-order valence-corrected chi connectivity index (χ1v) is 29.7. The minimum absolute atomic E-state index is 0.0191. The van der Waals surface area contributed by atoms with Gasteiger partial charge in [-0.05, 0) is 94.3 Å². The van der Waals surface area contributed by atoms with Crippen molar-refractivity contribution in [2.45, 2.75) is 216 Å². The van der Waals surface area contributed by atoms with Crippen molar-refractivity contribution >= 4 is 65.0 Å². The highest BCUT2D eigenvalue weighted by Gasteiger charge is 2.45. The third kappa shape index (κ3) is 21.2. The number of aliphatic hydroxyl groups is 1. The highest BCUT2D eigenvalue weighted by Crippen LogP contribution is 2.25. The van der Waals surface area contributed by atoms with Crippen molar-refractivity contribution < 1.29 is 57.8 Å². The molecule has 0 aromatic heterocycles. The molecule has 1 rings (SSSR count). The van der Waals surface area contributed by atoms with Crippen molar-refractivity contribution in [3.05, 3.63) is 12.2 Å². The fourth-order valence-corrected chi connectivity index (χ4v) is 10.3. The van der Waals surface area contributed by atoms with Crippen LogP contribution < -0.4 is 26.6 Å². The van der Waals surface area contributed by atoms with Crippen LogP contribution in [-0.4, -0.2) is 215 Å². The van der Waals surface area contributed by atoms with Crippen LogP contribution in [0.25, 0.3) is 0 Å². The van der Waals surface area contributed by atoms with Crippen LogP contribution >= 0.6 is 0 Å². The van der Waals surface area contributed by atoms with Crippen molar-refractivity contribution in [2.75, 3.05) is 48.8 Å². The number of carbonyl (C=O) groups is 11. The third-order valence-corrected chi connectivity index (χ3v) is 15.5. The van der Waals surface area contributed by atoms with E-state index in [0.29, 0.717) is 6.42 Å². The molecule has 1 aliphatic rings. The van der Waals surface area contributed by atoms with Gasteiger partial charge in [-0.15, -0.1) is 0 Å². The van der Waals surface area contributed by atoms with Crippen LogP contribution in [0.2, 0.25) is 0 Å². The Labute approximate surface area is 495 Å². The maximum atomic E-state index is 15.1. The summed E-state index contributed by atoms with van der Waals surface area (Å²) in [7, 11) is 8.44. The molecule has 0 unspecified atom stereocenters. The lowest BCUT2D eigenvalue weighted by Crippen LogP contribution is -2.63. The van der Waals surface area contributed by atoms with E-state index in [9.17, 15) is 48.3 Å². The second-order valence-corrected chi connectivity index (χ2v) is 25.2. The summed E-state index contributed by atoms with van der Waals surface area (Å²) in [6.45, 7) is 28.8. The second-order valence-electron chi connectivity index (χ2n) is 25.2. The number of allylic oxidation sites excluding steroid dienone is 2. The average molecular weight is 1170 g/mol. The number of nitrogens with one attached hydrogen (secondary N) is 5. The van der Waals surface area contributed by atoms with E-state index < -0.39 is 162 Å². The number of hydrogen-bond acceptors (Lipinski definition) is 12. The number of nitrogens with zero attached hydrogens (tertiary/aromatic N) is 6. The first-order chi connectivity index (χ1) is 38.3. The second kappa shape index (κ2) is 34.0. The molecule has 1 heterocycles. The number of likely N-dealkylation sites (N-methyl/N-ethyl adjacent to an activating group) is 6. The van der Waals surface area contributed by atoms with Gasteiger partial charge in [0.25, 0.3) is 0 Å². The summed E-state index contributed by atoms with van der Waals surface area (Å²) in [6.07, 6.45) is 2.87. The van der Waals surface area contributed by atoms with Crippen LogP contribution in [0, 0.1) is 41.4 Å². The Hall–Kier alpha value is -6.13. The van der Waals surface area contributed by atoms with Gasteiger partial charge < -0.3 is 61.1 Å². The van der Waals surface area contributed by atoms with Gasteiger partial charge in [-0.2, -0.15) is 0 Å². The Kier molecular flexibility index (Phi) is 30.7. The zero-order valence-corrected chi connectivity index (χ0v) is 54.4. The smallest absolute Gasteiger partial charge is 0.246 e. The molecule has 0 aromatic carbocycles. The lowest BCUT2D eigenvalue weighted by molar-refractivity contribution is -0.157. The van der Waals surface area contributed by atoms with Crippen molar-refractivity contribution in [2.24, 2.45) is 41.4 Å². The molecule has 23 heteroatoms. The standard InChI is InChI=1S/C60H107N11O12/c1-24-26-27-38(15)50(73)49-54(77)63-41(25-2)56(79)66(18)31-45(72)64-46(35(9)10)53(76)65-47(36(11)12)59(82)67(19)42(28-32(3)4)52(75)61-39(16)51(74)62-40(17)55(78)68(20)43(29-33(5)6)57(80)69(21)44(30-34(7)8)58(81)70(22)48(37(13)14)60(83)71(49)23/h24,26,32-44,46-50,73H,25,27-31H2,1-23H3,(H,61,75)(H,62,74)(H,63,77)(H,64,72)(H,65,76)/b26-24+/t38-,39+,40-,41+,42+,43+,44+,46+,47+,48+,49+,50-/m1/s1. The highest BCUT2D eigenvalue weighted by molar-refractivity contribution is 5.99. The number of aliphatic hydroxyl groups excluding tert-OH is 1. The Morgan fingerprint density at radius 3 is 1.37 bits per heavy atom. The van der Waals surface area contributed by atoms with Gasteiger partial charge >= 0.3 is 0 Å². The van der Waals surface area contributed by atoms with E-state index in [2.05, 4.69) is 26.6 Å². The molecule has 474 valence electrons. The molecule has 0 spiro atoms. The van der Waals surface area contributed by atoms with Crippen LogP contribution in [-0.2, 0) is 52.7 Å². The zero-order valence-electron chi connectivity index (χ0n) is 54.4. The third-order valence-electron chi connectivity index (χ3n) is 15.5. The van der Waals surface area contributed by atoms with E-state index in [0.717, 1.165) is 9.80 Å². The average Bonchev–Trinajstić information content (AvgIpc) is 3.53.